The summed E-state index contributed by atoms with van der Waals surface area (Å²) in [5.74, 6) is 1.32. The molecular weight excluding hydrogens is 342 g/mol. The fourth-order valence-corrected chi connectivity index (χ4v) is 3.57. The quantitative estimate of drug-likeness (QED) is 0.745. The van der Waals surface area contributed by atoms with Crippen LogP contribution >= 0.6 is 0 Å². The molecule has 0 bridgehead atoms. The first-order valence-electron chi connectivity index (χ1n) is 9.93. The molecule has 0 unspecified atom stereocenters. The van der Waals surface area contributed by atoms with Gasteiger partial charge in [0.15, 0.2) is 0 Å². The van der Waals surface area contributed by atoms with Gasteiger partial charge in [0.2, 0.25) is 11.8 Å². The van der Waals surface area contributed by atoms with Crippen LogP contribution in [0.15, 0.2) is 24.3 Å². The molecule has 2 aliphatic rings. The minimum absolute atomic E-state index is 0.0129. The Morgan fingerprint density at radius 3 is 2.26 bits per heavy atom. The molecule has 0 radical (unpaired) electrons. The van der Waals surface area contributed by atoms with E-state index >= 15 is 0 Å². The van der Waals surface area contributed by atoms with Gasteiger partial charge in [-0.2, -0.15) is 0 Å². The summed E-state index contributed by atoms with van der Waals surface area (Å²) in [6.07, 6.45) is 2.30. The number of hydrogen-bond donors (Lipinski definition) is 1. The van der Waals surface area contributed by atoms with E-state index in [1.165, 1.54) is 0 Å². The van der Waals surface area contributed by atoms with Crippen molar-refractivity contribution in [3.63, 3.8) is 0 Å². The minimum atomic E-state index is -0.792. The van der Waals surface area contributed by atoms with Crippen molar-refractivity contribution in [2.45, 2.75) is 33.1 Å². The van der Waals surface area contributed by atoms with E-state index in [0.717, 1.165) is 30.9 Å². The molecule has 1 aromatic carbocycles. The highest BCUT2D eigenvalue weighted by molar-refractivity contribution is 6.07. The van der Waals surface area contributed by atoms with E-state index in [1.54, 1.807) is 7.11 Å². The molecule has 1 saturated heterocycles. The second-order valence-corrected chi connectivity index (χ2v) is 8.00. The lowest BCUT2D eigenvalue weighted by molar-refractivity contribution is -0.144. The molecule has 6 heteroatoms. The Morgan fingerprint density at radius 2 is 1.74 bits per heavy atom. The number of nitrogens with zero attached hydrogens (tertiary/aromatic N) is 2. The van der Waals surface area contributed by atoms with Crippen LogP contribution in [-0.4, -0.2) is 56.5 Å². The van der Waals surface area contributed by atoms with Crippen LogP contribution in [0.25, 0.3) is 0 Å². The number of anilines is 1. The second-order valence-electron chi connectivity index (χ2n) is 8.00. The lowest BCUT2D eigenvalue weighted by atomic mass is 10.0. The van der Waals surface area contributed by atoms with Crippen LogP contribution in [0.2, 0.25) is 0 Å². The fraction of sp³-hybridized carbons (Fsp3) is 0.619. The van der Waals surface area contributed by atoms with E-state index < -0.39 is 5.41 Å². The molecule has 3 rings (SSSR count). The van der Waals surface area contributed by atoms with Crippen molar-refractivity contribution in [3.05, 3.63) is 24.3 Å². The number of carbonyl (C=O) groups is 2. The zero-order valence-corrected chi connectivity index (χ0v) is 16.7. The standard InChI is InChI=1S/C21H31N3O3/c1-16(2)8-11-22-19(25)21(9-10-21)20(26)24-14-12-23(13-15-24)17-4-6-18(27-3)7-5-17/h4-7,16H,8-15H2,1-3H3,(H,22,25). The van der Waals surface area contributed by atoms with Crippen molar-refractivity contribution in [1.29, 1.82) is 0 Å². The number of amides is 2. The molecular formula is C21H31N3O3. The van der Waals surface area contributed by atoms with Gasteiger partial charge in [-0.25, -0.2) is 0 Å². The molecule has 27 heavy (non-hydrogen) atoms. The third-order valence-electron chi connectivity index (χ3n) is 5.61. The van der Waals surface area contributed by atoms with Crippen molar-refractivity contribution >= 4 is 17.5 Å². The number of hydrogen-bond acceptors (Lipinski definition) is 4. The molecule has 2 fully saturated rings. The first kappa shape index (κ1) is 19.5. The molecule has 1 aliphatic carbocycles. The summed E-state index contributed by atoms with van der Waals surface area (Å²) in [7, 11) is 1.66. The Balaban J connectivity index is 1.52. The number of rotatable bonds is 7. The van der Waals surface area contributed by atoms with Crippen LogP contribution in [-0.2, 0) is 9.59 Å². The number of ether oxygens (including phenoxy) is 1. The van der Waals surface area contributed by atoms with Gasteiger partial charge in [0, 0.05) is 38.4 Å². The minimum Gasteiger partial charge on any atom is -0.497 e. The zero-order chi connectivity index (χ0) is 19.4. The van der Waals surface area contributed by atoms with E-state index in [1.807, 2.05) is 29.2 Å². The zero-order valence-electron chi connectivity index (χ0n) is 16.7. The van der Waals surface area contributed by atoms with Gasteiger partial charge >= 0.3 is 0 Å². The SMILES string of the molecule is COc1ccc(N2CCN(C(=O)C3(C(=O)NCCC(C)C)CC3)CC2)cc1. The molecule has 1 aliphatic heterocycles. The van der Waals surface area contributed by atoms with Crippen molar-refractivity contribution in [2.24, 2.45) is 11.3 Å². The van der Waals surface area contributed by atoms with Crippen molar-refractivity contribution in [3.8, 4) is 5.75 Å². The summed E-state index contributed by atoms with van der Waals surface area (Å²) in [6.45, 7) is 7.79. The topological polar surface area (TPSA) is 61.9 Å². The molecule has 1 aromatic rings. The first-order chi connectivity index (χ1) is 13.0. The van der Waals surface area contributed by atoms with E-state index in [4.69, 9.17) is 4.74 Å². The van der Waals surface area contributed by atoms with Crippen LogP contribution in [0, 0.1) is 11.3 Å². The van der Waals surface area contributed by atoms with Crippen molar-refractivity contribution < 1.29 is 14.3 Å². The summed E-state index contributed by atoms with van der Waals surface area (Å²) in [5, 5.41) is 2.97. The molecule has 1 saturated carbocycles. The molecule has 6 nitrogen and oxygen atoms in total. The Morgan fingerprint density at radius 1 is 1.11 bits per heavy atom. The largest absolute Gasteiger partial charge is 0.497 e. The number of benzene rings is 1. The normalized spacial score (nSPS) is 18.4. The summed E-state index contributed by atoms with van der Waals surface area (Å²) >= 11 is 0. The number of piperazine rings is 1. The maximum Gasteiger partial charge on any atom is 0.238 e. The predicted octanol–water partition coefficient (Wildman–Crippen LogP) is 2.29. The van der Waals surface area contributed by atoms with Gasteiger partial charge in [0.25, 0.3) is 0 Å². The van der Waals surface area contributed by atoms with Crippen molar-refractivity contribution in [2.75, 3.05) is 44.7 Å². The monoisotopic (exact) mass is 373 g/mol. The van der Waals surface area contributed by atoms with Gasteiger partial charge in [0.1, 0.15) is 11.2 Å². The van der Waals surface area contributed by atoms with Crippen LogP contribution in [0.4, 0.5) is 5.69 Å². The third kappa shape index (κ3) is 4.37. The van der Waals surface area contributed by atoms with E-state index in [9.17, 15) is 9.59 Å². The molecule has 0 aromatic heterocycles. The highest BCUT2D eigenvalue weighted by Crippen LogP contribution is 2.47. The molecule has 0 atom stereocenters. The van der Waals surface area contributed by atoms with Gasteiger partial charge in [-0.15, -0.1) is 0 Å². The highest BCUT2D eigenvalue weighted by Gasteiger charge is 2.58. The summed E-state index contributed by atoms with van der Waals surface area (Å²) in [5.41, 5.74) is 0.342. The maximum absolute atomic E-state index is 13.0. The van der Waals surface area contributed by atoms with Crippen LogP contribution in [0.5, 0.6) is 5.75 Å². The van der Waals surface area contributed by atoms with Crippen LogP contribution in [0.3, 0.4) is 0 Å². The average Bonchev–Trinajstić information content (AvgIpc) is 3.49. The lowest BCUT2D eigenvalue weighted by Gasteiger charge is -2.37. The highest BCUT2D eigenvalue weighted by atomic mass is 16.5. The Kier molecular flexibility index (Phi) is 5.92. The van der Waals surface area contributed by atoms with Gasteiger partial charge in [-0.05, 0) is 49.4 Å². The molecule has 2 amide bonds. The van der Waals surface area contributed by atoms with Crippen LogP contribution < -0.4 is 15.0 Å². The van der Waals surface area contributed by atoms with Crippen molar-refractivity contribution in [1.82, 2.24) is 10.2 Å². The van der Waals surface area contributed by atoms with Gasteiger partial charge < -0.3 is 19.9 Å². The first-order valence-corrected chi connectivity index (χ1v) is 9.93. The summed E-state index contributed by atoms with van der Waals surface area (Å²) < 4.78 is 5.20. The van der Waals surface area contributed by atoms with E-state index in [-0.39, 0.29) is 11.8 Å². The number of methoxy groups -OCH3 is 1. The Hall–Kier alpha value is -2.24. The molecule has 148 valence electrons. The Labute approximate surface area is 161 Å². The molecule has 0 spiro atoms. The predicted molar refractivity (Wildman–Crippen MR) is 106 cm³/mol. The molecule has 1 N–H and O–H groups in total. The number of carbonyl (C=O) groups excluding carboxylic acids is 2. The fourth-order valence-electron chi connectivity index (χ4n) is 3.57. The van der Waals surface area contributed by atoms with Gasteiger partial charge in [0.05, 0.1) is 7.11 Å². The summed E-state index contributed by atoms with van der Waals surface area (Å²) in [4.78, 5) is 29.7. The maximum atomic E-state index is 13.0. The van der Waals surface area contributed by atoms with Gasteiger partial charge in [-0.3, -0.25) is 9.59 Å². The second kappa shape index (κ2) is 8.19. The van der Waals surface area contributed by atoms with E-state index in [0.29, 0.717) is 38.4 Å². The smallest absolute Gasteiger partial charge is 0.238 e. The van der Waals surface area contributed by atoms with E-state index in [2.05, 4.69) is 24.1 Å². The lowest BCUT2D eigenvalue weighted by Crippen LogP contribution is -2.53. The molecule has 1 heterocycles. The van der Waals surface area contributed by atoms with Gasteiger partial charge in [-0.1, -0.05) is 13.8 Å². The average molecular weight is 373 g/mol. The summed E-state index contributed by atoms with van der Waals surface area (Å²) in [6, 6.07) is 7.99. The number of nitrogens with one attached hydrogen (secondary N) is 1. The third-order valence-corrected chi connectivity index (χ3v) is 5.61. The van der Waals surface area contributed by atoms with Crippen LogP contribution in [0.1, 0.15) is 33.1 Å². The Bertz CT molecular complexity index is 660.